The second-order valence-corrected chi connectivity index (χ2v) is 12.2. The Labute approximate surface area is 239 Å². The van der Waals surface area contributed by atoms with Crippen molar-refractivity contribution in [2.45, 2.75) is 53.2 Å². The fourth-order valence-corrected chi connectivity index (χ4v) is 6.27. The summed E-state index contributed by atoms with van der Waals surface area (Å²) in [5.41, 5.74) is 4.41. The molecule has 2 heterocycles. The average molecular weight is 552 g/mol. The topological polar surface area (TPSA) is 87.6 Å². The number of hydrogen-bond donors (Lipinski definition) is 1. The van der Waals surface area contributed by atoms with E-state index in [2.05, 4.69) is 32.2 Å². The number of thiophene rings is 1. The second kappa shape index (κ2) is 11.9. The molecule has 4 aromatic rings. The normalized spacial score (nSPS) is 15.0. The Hall–Kier alpha value is -4.15. The van der Waals surface area contributed by atoms with Gasteiger partial charge in [-0.05, 0) is 84.2 Å². The standard InChI is InChI=1S/C33H33N3O3S/c1-33(2,3)25-12-15-28-29(17-25)40-32(30(28)31(37)35-20-27-9-6-16-38-27)36-19-22-10-13-26(14-11-22)39-21-24-8-5-4-7-23(24)18-34/h4-11,13-14,16,19,25H,12,15,17,20-21H2,1-3H3,(H,35,37)/t25-/m0/s1. The number of ether oxygens (including phenoxy) is 1. The number of benzene rings is 2. The summed E-state index contributed by atoms with van der Waals surface area (Å²) in [6.07, 6.45) is 6.33. The number of nitrogens with zero attached hydrogens (tertiary/aromatic N) is 2. The first kappa shape index (κ1) is 27.4. The highest BCUT2D eigenvalue weighted by atomic mass is 32.1. The minimum absolute atomic E-state index is 0.114. The Morgan fingerprint density at radius 1 is 1.18 bits per heavy atom. The summed E-state index contributed by atoms with van der Waals surface area (Å²) >= 11 is 1.63. The highest BCUT2D eigenvalue weighted by Gasteiger charge is 2.33. The van der Waals surface area contributed by atoms with E-state index in [1.54, 1.807) is 29.9 Å². The highest BCUT2D eigenvalue weighted by molar-refractivity contribution is 7.16. The zero-order valence-electron chi connectivity index (χ0n) is 23.1. The predicted octanol–water partition coefficient (Wildman–Crippen LogP) is 7.62. The van der Waals surface area contributed by atoms with Gasteiger partial charge in [-0.3, -0.25) is 4.79 Å². The van der Waals surface area contributed by atoms with Crippen LogP contribution < -0.4 is 10.1 Å². The van der Waals surface area contributed by atoms with Gasteiger partial charge in [0, 0.05) is 16.7 Å². The van der Waals surface area contributed by atoms with Crippen LogP contribution in [0.2, 0.25) is 0 Å². The molecule has 0 spiro atoms. The number of carbonyl (C=O) groups excluding carboxylic acids is 1. The molecule has 2 aromatic carbocycles. The van der Waals surface area contributed by atoms with Crippen molar-refractivity contribution in [2.75, 3.05) is 0 Å². The van der Waals surface area contributed by atoms with Crippen LogP contribution in [0.4, 0.5) is 5.00 Å². The molecule has 1 aliphatic carbocycles. The van der Waals surface area contributed by atoms with Crippen LogP contribution in [0, 0.1) is 22.7 Å². The zero-order valence-corrected chi connectivity index (χ0v) is 23.9. The molecule has 1 amide bonds. The predicted molar refractivity (Wildman–Crippen MR) is 158 cm³/mol. The fraction of sp³-hybridized carbons (Fsp3) is 0.303. The number of fused-ring (bicyclic) bond motifs is 1. The molecule has 5 rings (SSSR count). The molecular formula is C33H33N3O3S. The molecule has 0 saturated heterocycles. The quantitative estimate of drug-likeness (QED) is 0.228. The highest BCUT2D eigenvalue weighted by Crippen LogP contribution is 2.45. The lowest BCUT2D eigenvalue weighted by Gasteiger charge is -2.33. The van der Waals surface area contributed by atoms with Gasteiger partial charge in [0.1, 0.15) is 23.1 Å². The van der Waals surface area contributed by atoms with Gasteiger partial charge >= 0.3 is 0 Å². The molecule has 204 valence electrons. The monoisotopic (exact) mass is 551 g/mol. The largest absolute Gasteiger partial charge is 0.489 e. The summed E-state index contributed by atoms with van der Waals surface area (Å²) in [6, 6.07) is 21.0. The van der Waals surface area contributed by atoms with E-state index in [1.165, 1.54) is 4.88 Å². The summed E-state index contributed by atoms with van der Waals surface area (Å²) in [6.45, 7) is 7.54. The van der Waals surface area contributed by atoms with E-state index in [4.69, 9.17) is 14.1 Å². The minimum atomic E-state index is -0.114. The average Bonchev–Trinajstić information content (AvgIpc) is 3.61. The summed E-state index contributed by atoms with van der Waals surface area (Å²) in [5.74, 6) is 1.88. The van der Waals surface area contributed by atoms with Crippen molar-refractivity contribution in [1.82, 2.24) is 5.32 Å². The van der Waals surface area contributed by atoms with Crippen molar-refractivity contribution in [2.24, 2.45) is 16.3 Å². The van der Waals surface area contributed by atoms with Crippen molar-refractivity contribution in [1.29, 1.82) is 5.26 Å². The number of aliphatic imine (C=N–C) groups is 1. The van der Waals surface area contributed by atoms with Crippen LogP contribution in [0.5, 0.6) is 5.75 Å². The number of hydrogen-bond acceptors (Lipinski definition) is 6. The number of rotatable bonds is 8. The molecule has 0 saturated carbocycles. The first-order valence-electron chi connectivity index (χ1n) is 13.5. The molecule has 0 unspecified atom stereocenters. The van der Waals surface area contributed by atoms with Gasteiger partial charge < -0.3 is 14.5 Å². The summed E-state index contributed by atoms with van der Waals surface area (Å²) in [4.78, 5) is 19.5. The van der Waals surface area contributed by atoms with E-state index in [0.29, 0.717) is 41.7 Å². The summed E-state index contributed by atoms with van der Waals surface area (Å²) < 4.78 is 11.3. The lowest BCUT2D eigenvalue weighted by Crippen LogP contribution is -2.28. The van der Waals surface area contributed by atoms with E-state index in [1.807, 2.05) is 54.6 Å². The molecule has 0 radical (unpaired) electrons. The molecule has 1 atom stereocenters. The van der Waals surface area contributed by atoms with Crippen LogP contribution >= 0.6 is 11.3 Å². The molecule has 1 aliphatic rings. The van der Waals surface area contributed by atoms with Gasteiger partial charge in [0.25, 0.3) is 5.91 Å². The third-order valence-corrected chi connectivity index (χ3v) is 8.61. The van der Waals surface area contributed by atoms with E-state index in [0.717, 1.165) is 41.0 Å². The van der Waals surface area contributed by atoms with Gasteiger partial charge in [-0.1, -0.05) is 39.0 Å². The van der Waals surface area contributed by atoms with E-state index in [-0.39, 0.29) is 11.3 Å². The van der Waals surface area contributed by atoms with Crippen molar-refractivity contribution < 1.29 is 13.9 Å². The zero-order chi connectivity index (χ0) is 28.1. The SMILES string of the molecule is CC(C)(C)[C@H]1CCc2c(sc(N=Cc3ccc(OCc4ccccc4C#N)cc3)c2C(=O)NCc2ccco2)C1. The van der Waals surface area contributed by atoms with Gasteiger partial charge in [0.05, 0.1) is 30.0 Å². The van der Waals surface area contributed by atoms with Gasteiger partial charge in [-0.15, -0.1) is 11.3 Å². The van der Waals surface area contributed by atoms with Crippen molar-refractivity contribution in [3.05, 3.63) is 105 Å². The molecule has 0 aliphatic heterocycles. The van der Waals surface area contributed by atoms with Crippen LogP contribution in [0.1, 0.15) is 70.4 Å². The van der Waals surface area contributed by atoms with Crippen LogP contribution in [0.25, 0.3) is 0 Å². The Morgan fingerprint density at radius 3 is 2.70 bits per heavy atom. The van der Waals surface area contributed by atoms with Crippen molar-refractivity contribution in [3.63, 3.8) is 0 Å². The Morgan fingerprint density at radius 2 is 1.98 bits per heavy atom. The molecule has 0 bridgehead atoms. The third kappa shape index (κ3) is 6.35. The fourth-order valence-electron chi connectivity index (χ4n) is 5.00. The van der Waals surface area contributed by atoms with Gasteiger partial charge in [-0.25, -0.2) is 4.99 Å². The Balaban J connectivity index is 1.33. The van der Waals surface area contributed by atoms with Crippen LogP contribution in [0.15, 0.2) is 76.3 Å². The number of furan rings is 1. The maximum Gasteiger partial charge on any atom is 0.255 e. The minimum Gasteiger partial charge on any atom is -0.489 e. The molecule has 1 N–H and O–H groups in total. The van der Waals surface area contributed by atoms with Crippen LogP contribution in [-0.2, 0) is 26.0 Å². The summed E-state index contributed by atoms with van der Waals surface area (Å²) in [7, 11) is 0. The Bertz CT molecular complexity index is 1540. The number of nitriles is 1. The maximum atomic E-state index is 13.4. The third-order valence-electron chi connectivity index (χ3n) is 7.44. The molecule has 0 fully saturated rings. The summed E-state index contributed by atoms with van der Waals surface area (Å²) in [5, 5.41) is 13.1. The molecular weight excluding hydrogens is 518 g/mol. The first-order valence-corrected chi connectivity index (χ1v) is 14.3. The second-order valence-electron chi connectivity index (χ2n) is 11.1. The molecule has 6 nitrogen and oxygen atoms in total. The van der Waals surface area contributed by atoms with Crippen molar-refractivity contribution in [3.8, 4) is 11.8 Å². The lowest BCUT2D eigenvalue weighted by atomic mass is 9.72. The Kier molecular flexibility index (Phi) is 8.18. The first-order chi connectivity index (χ1) is 19.3. The molecule has 7 heteroatoms. The van der Waals surface area contributed by atoms with Gasteiger partial charge in [-0.2, -0.15) is 5.26 Å². The van der Waals surface area contributed by atoms with E-state index in [9.17, 15) is 10.1 Å². The maximum absolute atomic E-state index is 13.4. The van der Waals surface area contributed by atoms with E-state index < -0.39 is 0 Å². The van der Waals surface area contributed by atoms with Crippen LogP contribution in [0.3, 0.4) is 0 Å². The van der Waals surface area contributed by atoms with Crippen molar-refractivity contribution >= 4 is 28.5 Å². The van der Waals surface area contributed by atoms with E-state index >= 15 is 0 Å². The number of carbonyl (C=O) groups is 1. The van der Waals surface area contributed by atoms with Gasteiger partial charge in [0.2, 0.25) is 0 Å². The molecule has 2 aromatic heterocycles. The molecule has 40 heavy (non-hydrogen) atoms. The lowest BCUT2D eigenvalue weighted by molar-refractivity contribution is 0.0947. The number of nitrogens with one attached hydrogen (secondary N) is 1. The van der Waals surface area contributed by atoms with Gasteiger partial charge in [0.15, 0.2) is 0 Å². The number of amides is 1. The van der Waals surface area contributed by atoms with Crippen LogP contribution in [-0.4, -0.2) is 12.1 Å². The smallest absolute Gasteiger partial charge is 0.255 e.